The Morgan fingerprint density at radius 2 is 0.658 bits per heavy atom. The van der Waals surface area contributed by atoms with E-state index in [9.17, 15) is 4.79 Å². The van der Waals surface area contributed by atoms with Gasteiger partial charge >= 0.3 is 5.97 Å². The molecule has 0 unspecified atom stereocenters. The number of rotatable bonds is 33. The Bertz CT molecular complexity index is 455. The summed E-state index contributed by atoms with van der Waals surface area (Å²) in [6, 6.07) is 0. The molecule has 0 atom stereocenters. The monoisotopic (exact) mass is 554 g/mol. The predicted octanol–water partition coefficient (Wildman–Crippen LogP) is 2.67. The standard InChI is InChI=1S/C27H54O11/c1-3-5-6-8-29-9-10-30-11-12-31-13-14-32-15-16-33-17-18-34-19-20-35-21-22-36-23-24-37-25-26-38-27(28)7-4-2/h3-26H2,1-2H3. The number of carbonyl (C=O) groups excluding carboxylic acids is 1. The number of hydrogen-bond acceptors (Lipinski definition) is 11. The van der Waals surface area contributed by atoms with Crippen LogP contribution in [-0.2, 0) is 52.2 Å². The van der Waals surface area contributed by atoms with E-state index < -0.39 is 0 Å². The molecular weight excluding hydrogens is 500 g/mol. The van der Waals surface area contributed by atoms with Gasteiger partial charge in [0, 0.05) is 13.0 Å². The molecule has 0 rings (SSSR count). The second kappa shape index (κ2) is 34.1. The fourth-order valence-corrected chi connectivity index (χ4v) is 2.81. The number of esters is 1. The van der Waals surface area contributed by atoms with Crippen molar-refractivity contribution < 1.29 is 52.2 Å². The van der Waals surface area contributed by atoms with Gasteiger partial charge in [-0.1, -0.05) is 26.7 Å². The molecule has 0 bridgehead atoms. The maximum Gasteiger partial charge on any atom is 0.305 e. The minimum absolute atomic E-state index is 0.184. The van der Waals surface area contributed by atoms with Gasteiger partial charge in [-0.2, -0.15) is 0 Å². The highest BCUT2D eigenvalue weighted by Gasteiger charge is 2.00. The molecule has 0 aliphatic heterocycles. The van der Waals surface area contributed by atoms with Crippen molar-refractivity contribution >= 4 is 5.97 Å². The number of hydrogen-bond donors (Lipinski definition) is 0. The molecule has 38 heavy (non-hydrogen) atoms. The minimum Gasteiger partial charge on any atom is -0.463 e. The fourth-order valence-electron chi connectivity index (χ4n) is 2.81. The van der Waals surface area contributed by atoms with Crippen LogP contribution in [0.1, 0.15) is 46.0 Å². The van der Waals surface area contributed by atoms with Crippen molar-refractivity contribution in [1.29, 1.82) is 0 Å². The summed E-state index contributed by atoms with van der Waals surface area (Å²) in [6.45, 7) is 14.0. The lowest BCUT2D eigenvalue weighted by atomic mass is 10.3. The zero-order chi connectivity index (χ0) is 27.6. The van der Waals surface area contributed by atoms with Crippen molar-refractivity contribution in [1.82, 2.24) is 0 Å². The molecule has 0 radical (unpaired) electrons. The zero-order valence-electron chi connectivity index (χ0n) is 24.0. The molecular formula is C27H54O11. The lowest BCUT2D eigenvalue weighted by Crippen LogP contribution is -2.15. The van der Waals surface area contributed by atoms with E-state index >= 15 is 0 Å². The van der Waals surface area contributed by atoms with Crippen LogP contribution in [0.3, 0.4) is 0 Å². The smallest absolute Gasteiger partial charge is 0.305 e. The van der Waals surface area contributed by atoms with E-state index in [1.807, 2.05) is 6.92 Å². The van der Waals surface area contributed by atoms with Gasteiger partial charge in [-0.3, -0.25) is 4.79 Å². The SMILES string of the molecule is CCCCCOCCOCCOCCOCCOCCOCCOCCOCCOCCOC(=O)CCC. The summed E-state index contributed by atoms with van der Waals surface area (Å²) in [5, 5.41) is 0. The molecule has 0 aromatic heterocycles. The van der Waals surface area contributed by atoms with Gasteiger partial charge in [0.1, 0.15) is 6.61 Å². The molecule has 0 fully saturated rings. The topological polar surface area (TPSA) is 109 Å². The molecule has 0 amide bonds. The Hall–Kier alpha value is -0.890. The maximum atomic E-state index is 11.2. The van der Waals surface area contributed by atoms with Gasteiger partial charge in [-0.15, -0.1) is 0 Å². The van der Waals surface area contributed by atoms with Crippen molar-refractivity contribution in [2.24, 2.45) is 0 Å². The first-order valence-electron chi connectivity index (χ1n) is 14.2. The largest absolute Gasteiger partial charge is 0.463 e. The van der Waals surface area contributed by atoms with Crippen LogP contribution >= 0.6 is 0 Å². The zero-order valence-corrected chi connectivity index (χ0v) is 24.0. The summed E-state index contributed by atoms with van der Waals surface area (Å²) in [4.78, 5) is 11.2. The van der Waals surface area contributed by atoms with E-state index in [-0.39, 0.29) is 12.6 Å². The van der Waals surface area contributed by atoms with Gasteiger partial charge < -0.3 is 47.4 Å². The quantitative estimate of drug-likeness (QED) is 0.0882. The molecule has 0 saturated heterocycles. The summed E-state index contributed by atoms with van der Waals surface area (Å²) in [7, 11) is 0. The molecule has 0 N–H and O–H groups in total. The van der Waals surface area contributed by atoms with E-state index in [1.54, 1.807) is 0 Å². The maximum absolute atomic E-state index is 11.2. The van der Waals surface area contributed by atoms with Crippen LogP contribution in [0.25, 0.3) is 0 Å². The second-order valence-corrected chi connectivity index (χ2v) is 8.19. The first-order valence-corrected chi connectivity index (χ1v) is 14.2. The van der Waals surface area contributed by atoms with Crippen molar-refractivity contribution in [3.8, 4) is 0 Å². The van der Waals surface area contributed by atoms with Gasteiger partial charge in [0.25, 0.3) is 0 Å². The van der Waals surface area contributed by atoms with Gasteiger partial charge in [-0.25, -0.2) is 0 Å². The second-order valence-electron chi connectivity index (χ2n) is 8.19. The first kappa shape index (κ1) is 37.1. The van der Waals surface area contributed by atoms with Crippen LogP contribution in [0.4, 0.5) is 0 Å². The van der Waals surface area contributed by atoms with E-state index in [0.717, 1.165) is 19.4 Å². The van der Waals surface area contributed by atoms with Gasteiger partial charge in [-0.05, 0) is 12.8 Å². The molecule has 11 heteroatoms. The molecule has 228 valence electrons. The Kier molecular flexibility index (Phi) is 33.3. The summed E-state index contributed by atoms with van der Waals surface area (Å²) >= 11 is 0. The fraction of sp³-hybridized carbons (Fsp3) is 0.963. The van der Waals surface area contributed by atoms with E-state index in [0.29, 0.717) is 119 Å². The molecule has 0 aromatic rings. The summed E-state index contributed by atoms with van der Waals surface area (Å²) in [5.41, 5.74) is 0. The predicted molar refractivity (Wildman–Crippen MR) is 143 cm³/mol. The normalized spacial score (nSPS) is 11.3. The number of carbonyl (C=O) groups is 1. The van der Waals surface area contributed by atoms with Crippen molar-refractivity contribution in [3.63, 3.8) is 0 Å². The molecule has 0 heterocycles. The summed E-state index contributed by atoms with van der Waals surface area (Å²) < 4.78 is 53.9. The lowest BCUT2D eigenvalue weighted by Gasteiger charge is -2.09. The van der Waals surface area contributed by atoms with Crippen LogP contribution in [-0.4, -0.2) is 132 Å². The number of unbranched alkanes of at least 4 members (excludes halogenated alkanes) is 2. The Morgan fingerprint density at radius 1 is 0.368 bits per heavy atom. The molecule has 0 spiro atoms. The van der Waals surface area contributed by atoms with Crippen LogP contribution in [0.15, 0.2) is 0 Å². The molecule has 11 nitrogen and oxygen atoms in total. The highest BCUT2D eigenvalue weighted by atomic mass is 16.6. The van der Waals surface area contributed by atoms with E-state index in [4.69, 9.17) is 47.4 Å². The van der Waals surface area contributed by atoms with E-state index in [1.165, 1.54) is 12.8 Å². The Morgan fingerprint density at radius 3 is 0.947 bits per heavy atom. The average molecular weight is 555 g/mol. The van der Waals surface area contributed by atoms with Gasteiger partial charge in [0.05, 0.1) is 112 Å². The molecule has 0 aliphatic rings. The lowest BCUT2D eigenvalue weighted by molar-refractivity contribution is -0.145. The van der Waals surface area contributed by atoms with Gasteiger partial charge in [0.2, 0.25) is 0 Å². The average Bonchev–Trinajstić information content (AvgIpc) is 2.92. The third kappa shape index (κ3) is 33.1. The van der Waals surface area contributed by atoms with Crippen LogP contribution < -0.4 is 0 Å². The van der Waals surface area contributed by atoms with Crippen LogP contribution in [0, 0.1) is 0 Å². The molecule has 0 aromatic carbocycles. The molecule has 0 saturated carbocycles. The van der Waals surface area contributed by atoms with E-state index in [2.05, 4.69) is 6.92 Å². The Labute approximate surface area is 230 Å². The van der Waals surface area contributed by atoms with Gasteiger partial charge in [0.15, 0.2) is 0 Å². The van der Waals surface area contributed by atoms with Crippen molar-refractivity contribution in [2.45, 2.75) is 46.0 Å². The summed E-state index contributed by atoms with van der Waals surface area (Å²) in [5.74, 6) is -0.184. The minimum atomic E-state index is -0.184. The molecule has 0 aliphatic carbocycles. The van der Waals surface area contributed by atoms with Crippen molar-refractivity contribution in [2.75, 3.05) is 126 Å². The highest BCUT2D eigenvalue weighted by Crippen LogP contribution is 1.94. The summed E-state index contributed by atoms with van der Waals surface area (Å²) in [6.07, 6.45) is 4.78. The Balaban J connectivity index is 3.04. The highest BCUT2D eigenvalue weighted by molar-refractivity contribution is 5.69. The van der Waals surface area contributed by atoms with Crippen LogP contribution in [0.5, 0.6) is 0 Å². The van der Waals surface area contributed by atoms with Crippen LogP contribution in [0.2, 0.25) is 0 Å². The third-order valence-electron chi connectivity index (χ3n) is 4.81. The van der Waals surface area contributed by atoms with Crippen molar-refractivity contribution in [3.05, 3.63) is 0 Å². The first-order chi connectivity index (χ1) is 18.8. The third-order valence-corrected chi connectivity index (χ3v) is 4.81. The number of ether oxygens (including phenoxy) is 10.